The second-order valence-corrected chi connectivity index (χ2v) is 3.95. The minimum Gasteiger partial charge on any atom is -0.480 e. The Kier molecular flexibility index (Phi) is 3.69. The molecule has 3 N–H and O–H groups in total. The van der Waals surface area contributed by atoms with E-state index in [1.54, 1.807) is 25.5 Å². The number of hydrogen-bond acceptors (Lipinski definition) is 4. The predicted molar refractivity (Wildman–Crippen MR) is 65.8 cm³/mol. The summed E-state index contributed by atoms with van der Waals surface area (Å²) in [7, 11) is 0. The second-order valence-electron chi connectivity index (χ2n) is 3.95. The lowest BCUT2D eigenvalue weighted by Crippen LogP contribution is -2.33. The molecular formula is C12H14N4O2. The van der Waals surface area contributed by atoms with Gasteiger partial charge in [0.25, 0.3) is 0 Å². The number of aliphatic carboxylic acids is 1. The lowest BCUT2D eigenvalue weighted by Gasteiger charge is -2.09. The van der Waals surface area contributed by atoms with Crippen molar-refractivity contribution in [3.63, 3.8) is 0 Å². The molecule has 0 bridgehead atoms. The van der Waals surface area contributed by atoms with E-state index in [2.05, 4.69) is 20.5 Å². The van der Waals surface area contributed by atoms with Gasteiger partial charge in [-0.3, -0.25) is 14.9 Å². The van der Waals surface area contributed by atoms with Crippen molar-refractivity contribution in [3.05, 3.63) is 36.3 Å². The van der Waals surface area contributed by atoms with Crippen molar-refractivity contribution in [2.24, 2.45) is 0 Å². The van der Waals surface area contributed by atoms with Crippen LogP contribution in [0.5, 0.6) is 0 Å². The summed E-state index contributed by atoms with van der Waals surface area (Å²) in [6.45, 7) is 2.04. The molecule has 0 fully saturated rings. The van der Waals surface area contributed by atoms with Gasteiger partial charge in [-0.1, -0.05) is 0 Å². The van der Waals surface area contributed by atoms with Crippen LogP contribution < -0.4 is 5.32 Å². The Morgan fingerprint density at radius 3 is 3.06 bits per heavy atom. The SMILES string of the molecule is CC(NCc1cn[nH]c1-c1cccnc1)C(=O)O. The van der Waals surface area contributed by atoms with Crippen molar-refractivity contribution in [1.82, 2.24) is 20.5 Å². The number of nitrogens with one attached hydrogen (secondary N) is 2. The minimum absolute atomic E-state index is 0.439. The maximum absolute atomic E-state index is 10.7. The Morgan fingerprint density at radius 2 is 2.39 bits per heavy atom. The summed E-state index contributed by atoms with van der Waals surface area (Å²) >= 11 is 0. The molecule has 1 atom stereocenters. The number of hydrogen-bond donors (Lipinski definition) is 3. The molecule has 0 aliphatic carbocycles. The number of carboxylic acid groups (broad SMARTS) is 1. The quantitative estimate of drug-likeness (QED) is 0.733. The van der Waals surface area contributed by atoms with Crippen molar-refractivity contribution in [2.45, 2.75) is 19.5 Å². The smallest absolute Gasteiger partial charge is 0.320 e. The lowest BCUT2D eigenvalue weighted by molar-refractivity contribution is -0.139. The fourth-order valence-electron chi connectivity index (χ4n) is 1.56. The first-order valence-corrected chi connectivity index (χ1v) is 5.57. The third-order valence-corrected chi connectivity index (χ3v) is 2.64. The molecule has 94 valence electrons. The fraction of sp³-hybridized carbons (Fsp3) is 0.250. The van der Waals surface area contributed by atoms with E-state index in [0.29, 0.717) is 6.54 Å². The maximum Gasteiger partial charge on any atom is 0.320 e. The van der Waals surface area contributed by atoms with E-state index in [1.807, 2.05) is 12.1 Å². The molecular weight excluding hydrogens is 232 g/mol. The van der Waals surface area contributed by atoms with Gasteiger partial charge >= 0.3 is 5.97 Å². The Hall–Kier alpha value is -2.21. The first-order valence-electron chi connectivity index (χ1n) is 5.57. The van der Waals surface area contributed by atoms with Gasteiger partial charge in [-0.25, -0.2) is 0 Å². The van der Waals surface area contributed by atoms with E-state index in [0.717, 1.165) is 16.8 Å². The summed E-state index contributed by atoms with van der Waals surface area (Å²) in [5.41, 5.74) is 2.69. The van der Waals surface area contributed by atoms with Gasteiger partial charge in [-0.05, 0) is 19.1 Å². The molecule has 2 rings (SSSR count). The number of rotatable bonds is 5. The fourth-order valence-corrected chi connectivity index (χ4v) is 1.56. The van der Waals surface area contributed by atoms with Crippen LogP contribution in [-0.4, -0.2) is 32.3 Å². The van der Waals surface area contributed by atoms with Crippen LogP contribution in [-0.2, 0) is 11.3 Å². The molecule has 2 aromatic rings. The van der Waals surface area contributed by atoms with Crippen LogP contribution in [0.1, 0.15) is 12.5 Å². The van der Waals surface area contributed by atoms with Gasteiger partial charge in [0.15, 0.2) is 0 Å². The van der Waals surface area contributed by atoms with Crippen molar-refractivity contribution >= 4 is 5.97 Å². The molecule has 18 heavy (non-hydrogen) atoms. The highest BCUT2D eigenvalue weighted by molar-refractivity contribution is 5.72. The van der Waals surface area contributed by atoms with Crippen molar-refractivity contribution < 1.29 is 9.90 Å². The standard InChI is InChI=1S/C12H14N4O2/c1-8(12(17)18)14-6-10-7-15-16-11(10)9-3-2-4-13-5-9/h2-5,7-8,14H,6H2,1H3,(H,15,16)(H,17,18). The molecule has 6 nitrogen and oxygen atoms in total. The minimum atomic E-state index is -0.874. The van der Waals surface area contributed by atoms with Crippen LogP contribution in [0.25, 0.3) is 11.3 Å². The molecule has 6 heteroatoms. The molecule has 0 saturated carbocycles. The highest BCUT2D eigenvalue weighted by Crippen LogP contribution is 2.19. The van der Waals surface area contributed by atoms with Crippen LogP contribution in [0.2, 0.25) is 0 Å². The van der Waals surface area contributed by atoms with Gasteiger partial charge in [0.05, 0.1) is 11.9 Å². The number of aromatic amines is 1. The van der Waals surface area contributed by atoms with Gasteiger partial charge in [-0.15, -0.1) is 0 Å². The van der Waals surface area contributed by atoms with Gasteiger partial charge in [0.2, 0.25) is 0 Å². The first kappa shape index (κ1) is 12.3. The van der Waals surface area contributed by atoms with Crippen LogP contribution in [0.4, 0.5) is 0 Å². The lowest BCUT2D eigenvalue weighted by atomic mass is 10.1. The summed E-state index contributed by atoms with van der Waals surface area (Å²) in [4.78, 5) is 14.8. The van der Waals surface area contributed by atoms with Crippen LogP contribution >= 0.6 is 0 Å². The molecule has 0 saturated heterocycles. The number of aromatic nitrogens is 3. The molecule has 0 aliphatic heterocycles. The van der Waals surface area contributed by atoms with Gasteiger partial charge in [-0.2, -0.15) is 5.10 Å². The van der Waals surface area contributed by atoms with Crippen molar-refractivity contribution in [1.29, 1.82) is 0 Å². The van der Waals surface area contributed by atoms with E-state index < -0.39 is 12.0 Å². The molecule has 0 spiro atoms. The molecule has 0 amide bonds. The van der Waals surface area contributed by atoms with E-state index >= 15 is 0 Å². The molecule has 2 aromatic heterocycles. The first-order chi connectivity index (χ1) is 8.68. The van der Waals surface area contributed by atoms with Crippen LogP contribution in [0.3, 0.4) is 0 Å². The number of nitrogens with zero attached hydrogens (tertiary/aromatic N) is 2. The summed E-state index contributed by atoms with van der Waals surface area (Å²) in [5, 5.41) is 18.6. The summed E-state index contributed by atoms with van der Waals surface area (Å²) < 4.78 is 0. The Balaban J connectivity index is 2.12. The topological polar surface area (TPSA) is 90.9 Å². The highest BCUT2D eigenvalue weighted by Gasteiger charge is 2.12. The molecule has 0 aliphatic rings. The average Bonchev–Trinajstić information content (AvgIpc) is 2.85. The number of H-pyrrole nitrogens is 1. The molecule has 2 heterocycles. The summed E-state index contributed by atoms with van der Waals surface area (Å²) in [5.74, 6) is -0.874. The highest BCUT2D eigenvalue weighted by atomic mass is 16.4. The molecule has 1 unspecified atom stereocenters. The van der Waals surface area contributed by atoms with Crippen molar-refractivity contribution in [3.8, 4) is 11.3 Å². The number of carbonyl (C=O) groups is 1. The summed E-state index contributed by atoms with van der Waals surface area (Å²) in [6, 6.07) is 3.17. The van der Waals surface area contributed by atoms with E-state index in [1.165, 1.54) is 0 Å². The normalized spacial score (nSPS) is 12.3. The summed E-state index contributed by atoms with van der Waals surface area (Å²) in [6.07, 6.45) is 5.12. The largest absolute Gasteiger partial charge is 0.480 e. The monoisotopic (exact) mass is 246 g/mol. The van der Waals surface area contributed by atoms with Gasteiger partial charge < -0.3 is 10.4 Å². The zero-order chi connectivity index (χ0) is 13.0. The predicted octanol–water partition coefficient (Wildman–Crippen LogP) is 1.03. The Labute approximate surface area is 104 Å². The third kappa shape index (κ3) is 2.72. The second kappa shape index (κ2) is 5.42. The van der Waals surface area contributed by atoms with Gasteiger partial charge in [0, 0.05) is 30.1 Å². The third-order valence-electron chi connectivity index (χ3n) is 2.64. The zero-order valence-electron chi connectivity index (χ0n) is 9.92. The van der Waals surface area contributed by atoms with E-state index in [4.69, 9.17) is 5.11 Å². The van der Waals surface area contributed by atoms with Gasteiger partial charge in [0.1, 0.15) is 6.04 Å². The number of pyridine rings is 1. The zero-order valence-corrected chi connectivity index (χ0v) is 9.92. The Morgan fingerprint density at radius 1 is 1.56 bits per heavy atom. The molecule has 0 radical (unpaired) electrons. The van der Waals surface area contributed by atoms with Crippen molar-refractivity contribution in [2.75, 3.05) is 0 Å². The Bertz CT molecular complexity index is 524. The van der Waals surface area contributed by atoms with Crippen LogP contribution in [0, 0.1) is 0 Å². The maximum atomic E-state index is 10.7. The average molecular weight is 246 g/mol. The molecule has 0 aromatic carbocycles. The number of carboxylic acids is 1. The van der Waals surface area contributed by atoms with E-state index in [9.17, 15) is 4.79 Å². The van der Waals surface area contributed by atoms with E-state index in [-0.39, 0.29) is 0 Å². The van der Waals surface area contributed by atoms with Crippen LogP contribution in [0.15, 0.2) is 30.7 Å².